The minimum absolute atomic E-state index is 0.0331. The van der Waals surface area contributed by atoms with E-state index in [1.807, 2.05) is 4.90 Å². The third-order valence-electron chi connectivity index (χ3n) is 4.95. The number of nitrogens with one attached hydrogen (secondary N) is 2. The van der Waals surface area contributed by atoms with Gasteiger partial charge in [0, 0.05) is 58.9 Å². The molecule has 2 heterocycles. The number of hydrogen-bond donors (Lipinski definition) is 2. The first-order chi connectivity index (χ1) is 14.2. The quantitative estimate of drug-likeness (QED) is 0.693. The molecule has 0 spiro atoms. The number of aliphatic imine (C=N–C) groups is 1. The minimum atomic E-state index is -3.73. The highest BCUT2D eigenvalue weighted by atomic mass is 32.2. The molecule has 0 bridgehead atoms. The Bertz CT molecular complexity index is 923. The predicted molar refractivity (Wildman–Crippen MR) is 114 cm³/mol. The molecule has 11 heteroatoms. The first kappa shape index (κ1) is 22.0. The molecular formula is C19H28N6O4S. The van der Waals surface area contributed by atoms with Gasteiger partial charge in [0.1, 0.15) is 5.84 Å². The summed E-state index contributed by atoms with van der Waals surface area (Å²) in [5.41, 5.74) is 0.414. The second-order valence-corrected chi connectivity index (χ2v) is 9.24. The molecule has 0 aromatic heterocycles. The lowest BCUT2D eigenvalue weighted by Gasteiger charge is -2.35. The van der Waals surface area contributed by atoms with Crippen molar-refractivity contribution in [2.45, 2.75) is 17.7 Å². The van der Waals surface area contributed by atoms with Crippen LogP contribution in [0.25, 0.3) is 0 Å². The Balaban J connectivity index is 1.54. The normalized spacial score (nSPS) is 17.4. The van der Waals surface area contributed by atoms with Crippen LogP contribution < -0.4 is 10.0 Å². The van der Waals surface area contributed by atoms with E-state index in [1.165, 1.54) is 17.0 Å². The molecule has 0 aliphatic carbocycles. The Kier molecular flexibility index (Phi) is 6.93. The molecule has 0 unspecified atom stereocenters. The summed E-state index contributed by atoms with van der Waals surface area (Å²) < 4.78 is 27.6. The van der Waals surface area contributed by atoms with Crippen LogP contribution in [0.2, 0.25) is 0 Å². The lowest BCUT2D eigenvalue weighted by atomic mass is 10.3. The van der Waals surface area contributed by atoms with Crippen molar-refractivity contribution in [3.8, 4) is 0 Å². The van der Waals surface area contributed by atoms with Gasteiger partial charge in [-0.2, -0.15) is 0 Å². The van der Waals surface area contributed by atoms with E-state index in [4.69, 9.17) is 0 Å². The second kappa shape index (κ2) is 9.43. The number of hydrogen-bond acceptors (Lipinski definition) is 6. The molecule has 1 fully saturated rings. The van der Waals surface area contributed by atoms with Crippen molar-refractivity contribution < 1.29 is 18.0 Å². The number of nitrogens with zero attached hydrogens (tertiary/aromatic N) is 4. The maximum atomic E-state index is 12.5. The summed E-state index contributed by atoms with van der Waals surface area (Å²) in [5, 5.41) is 2.76. The van der Waals surface area contributed by atoms with Gasteiger partial charge in [0.05, 0.1) is 11.4 Å². The van der Waals surface area contributed by atoms with Crippen molar-refractivity contribution >= 4 is 33.5 Å². The van der Waals surface area contributed by atoms with Gasteiger partial charge in [0.25, 0.3) is 10.0 Å². The molecule has 30 heavy (non-hydrogen) atoms. The molecule has 0 saturated carbocycles. The highest BCUT2D eigenvalue weighted by Gasteiger charge is 2.23. The number of rotatable bonds is 5. The molecule has 1 saturated heterocycles. The van der Waals surface area contributed by atoms with E-state index in [0.717, 1.165) is 6.42 Å². The lowest BCUT2D eigenvalue weighted by molar-refractivity contribution is -0.117. The molecule has 0 atom stereocenters. The fourth-order valence-electron chi connectivity index (χ4n) is 3.36. The van der Waals surface area contributed by atoms with Crippen LogP contribution in [0.5, 0.6) is 0 Å². The Labute approximate surface area is 177 Å². The summed E-state index contributed by atoms with van der Waals surface area (Å²) in [7, 11) is -0.304. The molecule has 2 aliphatic heterocycles. The summed E-state index contributed by atoms with van der Waals surface area (Å²) in [6, 6.07) is 6.12. The molecule has 3 amide bonds. The van der Waals surface area contributed by atoms with Crippen molar-refractivity contribution in [3.05, 3.63) is 24.3 Å². The number of amidine groups is 1. The van der Waals surface area contributed by atoms with Crippen molar-refractivity contribution in [1.82, 2.24) is 19.4 Å². The standard InChI is InChI=1S/C19H28N6O4S/c1-23(2)19(27)25-11-9-24(10-12-25)14-18(26)21-15-5-3-6-16(13-15)30(28,29)22-17-7-4-8-20-17/h3,5-6,13H,4,7-12,14H2,1-2H3,(H,20,22)(H,21,26). The first-order valence-electron chi connectivity index (χ1n) is 9.89. The third kappa shape index (κ3) is 5.70. The van der Waals surface area contributed by atoms with Crippen LogP contribution in [-0.2, 0) is 14.8 Å². The zero-order valence-electron chi connectivity index (χ0n) is 17.3. The molecule has 0 radical (unpaired) electrons. The minimum Gasteiger partial charge on any atom is -0.331 e. The van der Waals surface area contributed by atoms with Gasteiger partial charge in [-0.1, -0.05) is 6.07 Å². The average Bonchev–Trinajstić information content (AvgIpc) is 3.20. The topological polar surface area (TPSA) is 114 Å². The van der Waals surface area contributed by atoms with Crippen LogP contribution in [0.1, 0.15) is 12.8 Å². The Hall–Kier alpha value is -2.66. The van der Waals surface area contributed by atoms with Crippen LogP contribution in [0.15, 0.2) is 34.2 Å². The molecule has 2 aliphatic rings. The van der Waals surface area contributed by atoms with Crippen LogP contribution >= 0.6 is 0 Å². The smallest absolute Gasteiger partial charge is 0.319 e. The number of urea groups is 1. The van der Waals surface area contributed by atoms with Crippen LogP contribution in [0, 0.1) is 0 Å². The summed E-state index contributed by atoms with van der Waals surface area (Å²) in [6.45, 7) is 3.14. The van der Waals surface area contributed by atoms with E-state index in [9.17, 15) is 18.0 Å². The van der Waals surface area contributed by atoms with Gasteiger partial charge in [-0.15, -0.1) is 0 Å². The Morgan fingerprint density at radius 3 is 2.53 bits per heavy atom. The lowest BCUT2D eigenvalue weighted by Crippen LogP contribution is -2.52. The zero-order valence-corrected chi connectivity index (χ0v) is 18.1. The van der Waals surface area contributed by atoms with Crippen molar-refractivity contribution in [2.24, 2.45) is 4.99 Å². The summed E-state index contributed by atoms with van der Waals surface area (Å²) >= 11 is 0. The van der Waals surface area contributed by atoms with E-state index >= 15 is 0 Å². The van der Waals surface area contributed by atoms with E-state index in [-0.39, 0.29) is 23.4 Å². The average molecular weight is 437 g/mol. The maximum absolute atomic E-state index is 12.5. The Morgan fingerprint density at radius 1 is 1.17 bits per heavy atom. The van der Waals surface area contributed by atoms with Gasteiger partial charge in [0.15, 0.2) is 0 Å². The van der Waals surface area contributed by atoms with Crippen LogP contribution in [0.3, 0.4) is 0 Å². The predicted octanol–water partition coefficient (Wildman–Crippen LogP) is 0.395. The molecular weight excluding hydrogens is 408 g/mol. The Morgan fingerprint density at radius 2 is 1.90 bits per heavy atom. The number of anilines is 1. The summed E-state index contributed by atoms with van der Waals surface area (Å²) in [4.78, 5) is 33.9. The van der Waals surface area contributed by atoms with Gasteiger partial charge >= 0.3 is 6.03 Å². The SMILES string of the molecule is CN(C)C(=O)N1CCN(CC(=O)Nc2cccc(S(=O)(=O)NC3=NCCC3)c2)CC1. The van der Waals surface area contributed by atoms with Gasteiger partial charge in [0.2, 0.25) is 5.91 Å². The third-order valence-corrected chi connectivity index (χ3v) is 6.33. The van der Waals surface area contributed by atoms with Crippen molar-refractivity contribution in [3.63, 3.8) is 0 Å². The second-order valence-electron chi connectivity index (χ2n) is 7.55. The maximum Gasteiger partial charge on any atom is 0.319 e. The fourth-order valence-corrected chi connectivity index (χ4v) is 4.50. The number of carbonyl (C=O) groups excluding carboxylic acids is 2. The number of benzene rings is 1. The van der Waals surface area contributed by atoms with E-state index in [0.29, 0.717) is 50.7 Å². The van der Waals surface area contributed by atoms with E-state index in [2.05, 4.69) is 15.0 Å². The number of sulfonamides is 1. The number of carbonyl (C=O) groups is 2. The molecule has 1 aromatic rings. The molecule has 3 rings (SSSR count). The fraction of sp³-hybridized carbons (Fsp3) is 0.526. The molecule has 10 nitrogen and oxygen atoms in total. The van der Waals surface area contributed by atoms with Gasteiger partial charge in [-0.05, 0) is 24.6 Å². The summed E-state index contributed by atoms with van der Waals surface area (Å²) in [5.74, 6) is 0.237. The summed E-state index contributed by atoms with van der Waals surface area (Å²) in [6.07, 6.45) is 1.45. The molecule has 2 N–H and O–H groups in total. The van der Waals surface area contributed by atoms with E-state index < -0.39 is 10.0 Å². The van der Waals surface area contributed by atoms with Crippen molar-refractivity contribution in [1.29, 1.82) is 0 Å². The first-order valence-corrected chi connectivity index (χ1v) is 11.4. The zero-order chi connectivity index (χ0) is 21.7. The highest BCUT2D eigenvalue weighted by molar-refractivity contribution is 7.90. The number of amides is 3. The molecule has 164 valence electrons. The van der Waals surface area contributed by atoms with Gasteiger partial charge in [-0.3, -0.25) is 19.4 Å². The van der Waals surface area contributed by atoms with E-state index in [1.54, 1.807) is 31.1 Å². The van der Waals surface area contributed by atoms with Gasteiger partial charge in [-0.25, -0.2) is 13.2 Å². The number of piperazine rings is 1. The monoisotopic (exact) mass is 436 g/mol. The van der Waals surface area contributed by atoms with Gasteiger partial charge < -0.3 is 15.1 Å². The highest BCUT2D eigenvalue weighted by Crippen LogP contribution is 2.16. The van der Waals surface area contributed by atoms with Crippen molar-refractivity contribution in [2.75, 3.05) is 58.7 Å². The largest absolute Gasteiger partial charge is 0.331 e. The molecule has 1 aromatic carbocycles. The van der Waals surface area contributed by atoms with Crippen LogP contribution in [-0.4, -0.2) is 94.3 Å². The van der Waals surface area contributed by atoms with Crippen LogP contribution in [0.4, 0.5) is 10.5 Å².